The Hall–Kier alpha value is -3.76. The van der Waals surface area contributed by atoms with Gasteiger partial charge < -0.3 is 14.6 Å². The first kappa shape index (κ1) is 29.2. The Morgan fingerprint density at radius 3 is 2.12 bits per heavy atom. The maximum atomic E-state index is 11.7. The molecule has 0 radical (unpaired) electrons. The van der Waals surface area contributed by atoms with Gasteiger partial charge in [0.1, 0.15) is 22.7 Å². The second-order valence-corrected chi connectivity index (χ2v) is 11.8. The number of phenols is 1. The molecule has 0 aliphatic rings. The number of fused-ring (bicyclic) bond motifs is 1. The van der Waals surface area contributed by atoms with Gasteiger partial charge >= 0.3 is 5.97 Å². The van der Waals surface area contributed by atoms with Gasteiger partial charge in [0.25, 0.3) is 0 Å². The number of benzene rings is 2. The molecular weight excluding hydrogens is 683 g/mol. The van der Waals surface area contributed by atoms with E-state index in [0.29, 0.717) is 39.4 Å². The summed E-state index contributed by atoms with van der Waals surface area (Å²) >= 11 is 0. The molecule has 0 spiro atoms. The third kappa shape index (κ3) is 5.46. The number of aromatic carboxylic acids is 1. The molecule has 0 fully saturated rings. The van der Waals surface area contributed by atoms with Gasteiger partial charge in [-0.05, 0) is 46.7 Å². The molecule has 0 atom stereocenters. The number of carbonyl (C=O) groups is 1. The van der Waals surface area contributed by atoms with E-state index in [1.807, 2.05) is 48.5 Å². The number of nitrogens with zero attached hydrogens (tertiary/aromatic N) is 2. The third-order valence-corrected chi connectivity index (χ3v) is 6.85. The molecule has 3 aromatic heterocycles. The predicted octanol–water partition coefficient (Wildman–Crippen LogP) is 8.22. The van der Waals surface area contributed by atoms with Crippen molar-refractivity contribution in [2.45, 2.75) is 52.4 Å². The van der Waals surface area contributed by atoms with Crippen LogP contribution in [0.2, 0.25) is 0 Å². The van der Waals surface area contributed by atoms with Gasteiger partial charge in [-0.25, -0.2) is 14.8 Å². The molecule has 6 nitrogen and oxygen atoms in total. The van der Waals surface area contributed by atoms with Crippen LogP contribution in [0.15, 0.2) is 77.2 Å². The summed E-state index contributed by atoms with van der Waals surface area (Å²) in [5.41, 5.74) is 5.62. The Bertz CT molecular complexity index is 1710. The Morgan fingerprint density at radius 1 is 0.800 bits per heavy atom. The maximum Gasteiger partial charge on any atom is 0.354 e. The number of furan rings is 1. The summed E-state index contributed by atoms with van der Waals surface area (Å²) < 4.78 is 6.30. The Balaban J connectivity index is 0.00000370. The standard InChI is InChI=1S/C33H32N2O4.Pt/c1-32(2,3)20-17-21(29(36)22(18-20)33(4,5)6)23-15-16-26-28(35-23)27(24-13-10-14-25(34-24)31(37)38)30(39-26)19-11-8-7-9-12-19;/h7-18,36H,1-6H3,(H,37,38);. The van der Waals surface area contributed by atoms with Crippen LogP contribution in [-0.4, -0.2) is 26.2 Å². The number of rotatable bonds is 4. The Kier molecular flexibility index (Phi) is 7.79. The second kappa shape index (κ2) is 10.7. The fraction of sp³-hybridized carbons (Fsp3) is 0.242. The number of carboxylic acid groups (broad SMARTS) is 1. The van der Waals surface area contributed by atoms with E-state index in [-0.39, 0.29) is 43.3 Å². The molecule has 0 saturated carbocycles. The number of hydrogen-bond donors (Lipinski definition) is 2. The molecule has 0 aliphatic carbocycles. The van der Waals surface area contributed by atoms with E-state index >= 15 is 0 Å². The van der Waals surface area contributed by atoms with Gasteiger partial charge in [-0.3, -0.25) is 0 Å². The second-order valence-electron chi connectivity index (χ2n) is 11.8. The first-order valence-electron chi connectivity index (χ1n) is 12.9. The van der Waals surface area contributed by atoms with Crippen LogP contribution in [0.1, 0.15) is 63.2 Å². The van der Waals surface area contributed by atoms with E-state index < -0.39 is 5.97 Å². The first-order valence-corrected chi connectivity index (χ1v) is 12.9. The summed E-state index contributed by atoms with van der Waals surface area (Å²) in [5, 5.41) is 21.0. The Morgan fingerprint density at radius 2 is 1.50 bits per heavy atom. The molecular formula is C33H32N2O4Pt. The first-order chi connectivity index (χ1) is 18.3. The van der Waals surface area contributed by atoms with E-state index in [1.165, 1.54) is 6.07 Å². The molecule has 0 amide bonds. The molecule has 5 rings (SSSR count). The van der Waals surface area contributed by atoms with Gasteiger partial charge in [-0.15, -0.1) is 0 Å². The van der Waals surface area contributed by atoms with Gasteiger partial charge in [0, 0.05) is 37.8 Å². The Labute approximate surface area is 248 Å². The molecule has 0 bridgehead atoms. The van der Waals surface area contributed by atoms with Crippen molar-refractivity contribution in [2.24, 2.45) is 0 Å². The fourth-order valence-electron chi connectivity index (χ4n) is 4.68. The minimum atomic E-state index is -1.11. The summed E-state index contributed by atoms with van der Waals surface area (Å²) in [6.45, 7) is 12.7. The molecule has 2 N–H and O–H groups in total. The minimum Gasteiger partial charge on any atom is -0.507 e. The van der Waals surface area contributed by atoms with Gasteiger partial charge in [-0.2, -0.15) is 0 Å². The third-order valence-electron chi connectivity index (χ3n) is 6.85. The van der Waals surface area contributed by atoms with Gasteiger partial charge in [-0.1, -0.05) is 84.0 Å². The summed E-state index contributed by atoms with van der Waals surface area (Å²) in [6.07, 6.45) is 0. The van der Waals surface area contributed by atoms with E-state index in [1.54, 1.807) is 12.1 Å². The number of aromatic hydroxyl groups is 1. The molecule has 0 aliphatic heterocycles. The normalized spacial score (nSPS) is 11.8. The van der Waals surface area contributed by atoms with Crippen LogP contribution in [0, 0.1) is 0 Å². The van der Waals surface area contributed by atoms with Gasteiger partial charge in [0.15, 0.2) is 5.58 Å². The van der Waals surface area contributed by atoms with E-state index in [4.69, 9.17) is 9.40 Å². The van der Waals surface area contributed by atoms with Crippen molar-refractivity contribution >= 4 is 17.1 Å². The van der Waals surface area contributed by atoms with Crippen LogP contribution in [0.25, 0.3) is 44.9 Å². The smallest absolute Gasteiger partial charge is 0.354 e. The quantitative estimate of drug-likeness (QED) is 0.195. The predicted molar refractivity (Wildman–Crippen MR) is 154 cm³/mol. The summed E-state index contributed by atoms with van der Waals surface area (Å²) in [7, 11) is 0. The van der Waals surface area contributed by atoms with Crippen LogP contribution >= 0.6 is 0 Å². The summed E-state index contributed by atoms with van der Waals surface area (Å²) in [6, 6.07) is 22.2. The van der Waals surface area contributed by atoms with E-state index in [9.17, 15) is 15.0 Å². The van der Waals surface area contributed by atoms with Crippen molar-refractivity contribution < 1.29 is 40.5 Å². The zero-order valence-electron chi connectivity index (χ0n) is 23.3. The van der Waals surface area contributed by atoms with Gasteiger partial charge in [0.2, 0.25) is 0 Å². The number of phenolic OH excluding ortho intramolecular Hbond substituents is 1. The minimum absolute atomic E-state index is 0. The zero-order valence-corrected chi connectivity index (χ0v) is 25.6. The molecule has 5 aromatic rings. The average molecular weight is 716 g/mol. The van der Waals surface area contributed by atoms with E-state index in [2.05, 4.69) is 52.6 Å². The number of aromatic nitrogens is 2. The van der Waals surface area contributed by atoms with Crippen LogP contribution < -0.4 is 0 Å². The van der Waals surface area contributed by atoms with Crippen LogP contribution in [-0.2, 0) is 31.9 Å². The summed E-state index contributed by atoms with van der Waals surface area (Å²) in [4.78, 5) is 21.1. The van der Waals surface area contributed by atoms with Crippen molar-refractivity contribution in [1.82, 2.24) is 9.97 Å². The van der Waals surface area contributed by atoms with Crippen LogP contribution in [0.3, 0.4) is 0 Å². The molecule has 0 saturated heterocycles. The molecule has 0 unspecified atom stereocenters. The summed E-state index contributed by atoms with van der Waals surface area (Å²) in [5.74, 6) is -0.367. The molecule has 208 valence electrons. The van der Waals surface area contributed by atoms with Crippen molar-refractivity contribution in [3.63, 3.8) is 0 Å². The number of pyridine rings is 2. The van der Waals surface area contributed by atoms with Crippen molar-refractivity contribution in [3.05, 3.63) is 89.6 Å². The van der Waals surface area contributed by atoms with Gasteiger partial charge in [0.05, 0.1) is 17.0 Å². The monoisotopic (exact) mass is 715 g/mol. The fourth-order valence-corrected chi connectivity index (χ4v) is 4.68. The van der Waals surface area contributed by atoms with Crippen molar-refractivity contribution in [1.29, 1.82) is 0 Å². The number of hydrogen-bond acceptors (Lipinski definition) is 5. The van der Waals surface area contributed by atoms with Crippen molar-refractivity contribution in [2.75, 3.05) is 0 Å². The average Bonchev–Trinajstić information content (AvgIpc) is 3.27. The molecule has 40 heavy (non-hydrogen) atoms. The largest absolute Gasteiger partial charge is 0.507 e. The van der Waals surface area contributed by atoms with Crippen molar-refractivity contribution in [3.8, 4) is 39.6 Å². The number of carboxylic acids is 1. The SMILES string of the molecule is CC(C)(C)c1cc(-c2ccc3oc(-c4ccccc4)c(-c4cccc(C(=O)O)n4)c3n2)c(O)c(C(C)(C)C)c1.[Pt]. The van der Waals surface area contributed by atoms with Crippen LogP contribution in [0.4, 0.5) is 0 Å². The molecule has 7 heteroatoms. The maximum absolute atomic E-state index is 11.7. The topological polar surface area (TPSA) is 96.5 Å². The molecule has 3 heterocycles. The zero-order chi connectivity index (χ0) is 28.1. The van der Waals surface area contributed by atoms with Crippen LogP contribution in [0.5, 0.6) is 5.75 Å². The van der Waals surface area contributed by atoms with E-state index in [0.717, 1.165) is 16.7 Å². The molecule has 2 aromatic carbocycles.